The van der Waals surface area contributed by atoms with E-state index in [-0.39, 0.29) is 17.5 Å². The van der Waals surface area contributed by atoms with Crippen molar-refractivity contribution in [1.29, 1.82) is 0 Å². The minimum Gasteiger partial charge on any atom is -0.467 e. The SMILES string of the molecule is Cc1ccc(-c2cc(C(=O)N3CCCC[C@@H]3C(=O)NCc3ccco3)no2)cc1C. The van der Waals surface area contributed by atoms with Crippen LogP contribution in [0.2, 0.25) is 0 Å². The summed E-state index contributed by atoms with van der Waals surface area (Å²) in [5, 5.41) is 6.85. The Balaban J connectivity index is 1.48. The Kier molecular flexibility index (Phi) is 5.70. The van der Waals surface area contributed by atoms with Gasteiger partial charge >= 0.3 is 0 Å². The fourth-order valence-corrected chi connectivity index (χ4v) is 3.71. The maximum absolute atomic E-state index is 13.1. The number of likely N-dealkylation sites (tertiary alicyclic amines) is 1. The summed E-state index contributed by atoms with van der Waals surface area (Å²) in [7, 11) is 0. The Bertz CT molecular complexity index is 1040. The average Bonchev–Trinajstić information content (AvgIpc) is 3.46. The van der Waals surface area contributed by atoms with Crippen LogP contribution < -0.4 is 5.32 Å². The summed E-state index contributed by atoms with van der Waals surface area (Å²) in [5.74, 6) is 0.743. The Labute approximate surface area is 175 Å². The van der Waals surface area contributed by atoms with Crippen LogP contribution in [-0.2, 0) is 11.3 Å². The molecule has 2 aromatic heterocycles. The van der Waals surface area contributed by atoms with E-state index in [0.29, 0.717) is 31.0 Å². The summed E-state index contributed by atoms with van der Waals surface area (Å²) in [6, 6.07) is 10.7. The van der Waals surface area contributed by atoms with Crippen LogP contribution in [0.3, 0.4) is 0 Å². The zero-order valence-corrected chi connectivity index (χ0v) is 17.2. The number of furan rings is 1. The molecule has 156 valence electrons. The van der Waals surface area contributed by atoms with Gasteiger partial charge in [0, 0.05) is 18.2 Å². The third-order valence-corrected chi connectivity index (χ3v) is 5.60. The Morgan fingerprint density at radius 3 is 2.80 bits per heavy atom. The van der Waals surface area contributed by atoms with Gasteiger partial charge in [0.1, 0.15) is 11.8 Å². The highest BCUT2D eigenvalue weighted by molar-refractivity contribution is 5.96. The minimum absolute atomic E-state index is 0.183. The standard InChI is InChI=1S/C23H25N3O4/c1-15-8-9-17(12-16(15)2)21-13-19(25-30-21)23(28)26-10-4-3-7-20(26)22(27)24-14-18-6-5-11-29-18/h5-6,8-9,11-13,20H,3-4,7,10,14H2,1-2H3,(H,24,27)/t20-/m1/s1. The fraction of sp³-hybridized carbons (Fsp3) is 0.348. The molecule has 1 fully saturated rings. The quantitative estimate of drug-likeness (QED) is 0.694. The van der Waals surface area contributed by atoms with Crippen molar-refractivity contribution in [3.05, 3.63) is 65.2 Å². The van der Waals surface area contributed by atoms with Gasteiger partial charge in [-0.15, -0.1) is 0 Å². The third kappa shape index (κ3) is 4.15. The minimum atomic E-state index is -0.525. The van der Waals surface area contributed by atoms with Crippen LogP contribution in [0.1, 0.15) is 46.6 Å². The monoisotopic (exact) mass is 407 g/mol. The first kappa shape index (κ1) is 19.9. The number of hydrogen-bond donors (Lipinski definition) is 1. The molecule has 0 radical (unpaired) electrons. The lowest BCUT2D eigenvalue weighted by atomic mass is 10.0. The molecule has 0 spiro atoms. The summed E-state index contributed by atoms with van der Waals surface area (Å²) >= 11 is 0. The van der Waals surface area contributed by atoms with Crippen molar-refractivity contribution in [2.24, 2.45) is 0 Å². The van der Waals surface area contributed by atoms with Crippen molar-refractivity contribution in [2.75, 3.05) is 6.54 Å². The number of carbonyl (C=O) groups excluding carboxylic acids is 2. The normalized spacial score (nSPS) is 16.5. The molecule has 4 rings (SSSR count). The van der Waals surface area contributed by atoms with E-state index in [1.807, 2.05) is 32.0 Å². The zero-order chi connectivity index (χ0) is 21.1. The molecule has 7 heteroatoms. The van der Waals surface area contributed by atoms with Crippen LogP contribution in [0, 0.1) is 13.8 Å². The molecule has 0 bridgehead atoms. The molecule has 7 nitrogen and oxygen atoms in total. The first-order chi connectivity index (χ1) is 14.5. The van der Waals surface area contributed by atoms with Gasteiger partial charge in [0.25, 0.3) is 5.91 Å². The molecule has 1 aliphatic heterocycles. The van der Waals surface area contributed by atoms with Gasteiger partial charge in [0.2, 0.25) is 5.91 Å². The van der Waals surface area contributed by atoms with E-state index in [4.69, 9.17) is 8.94 Å². The van der Waals surface area contributed by atoms with Crippen LogP contribution >= 0.6 is 0 Å². The highest BCUT2D eigenvalue weighted by atomic mass is 16.5. The number of carbonyl (C=O) groups is 2. The van der Waals surface area contributed by atoms with Crippen molar-refractivity contribution in [3.63, 3.8) is 0 Å². The number of nitrogens with one attached hydrogen (secondary N) is 1. The molecule has 0 unspecified atom stereocenters. The van der Waals surface area contributed by atoms with Crippen LogP contribution in [0.5, 0.6) is 0 Å². The molecule has 3 aromatic rings. The molecule has 0 saturated carbocycles. The highest BCUT2D eigenvalue weighted by Gasteiger charge is 2.34. The van der Waals surface area contributed by atoms with Gasteiger partial charge in [-0.05, 0) is 62.4 Å². The van der Waals surface area contributed by atoms with E-state index in [0.717, 1.165) is 24.0 Å². The second-order valence-electron chi connectivity index (χ2n) is 7.68. The number of benzene rings is 1. The van der Waals surface area contributed by atoms with Crippen molar-refractivity contribution in [2.45, 2.75) is 45.7 Å². The number of aromatic nitrogens is 1. The summed E-state index contributed by atoms with van der Waals surface area (Å²) in [5.41, 5.74) is 3.41. The predicted molar refractivity (Wildman–Crippen MR) is 111 cm³/mol. The van der Waals surface area contributed by atoms with Gasteiger partial charge in [0.15, 0.2) is 11.5 Å². The summed E-state index contributed by atoms with van der Waals surface area (Å²) in [6.45, 7) is 4.89. The van der Waals surface area contributed by atoms with E-state index in [2.05, 4.69) is 10.5 Å². The number of aryl methyl sites for hydroxylation is 2. The fourth-order valence-electron chi connectivity index (χ4n) is 3.71. The summed E-state index contributed by atoms with van der Waals surface area (Å²) in [4.78, 5) is 27.5. The first-order valence-electron chi connectivity index (χ1n) is 10.2. The number of rotatable bonds is 5. The summed E-state index contributed by atoms with van der Waals surface area (Å²) in [6.07, 6.45) is 3.94. The van der Waals surface area contributed by atoms with Gasteiger partial charge < -0.3 is 19.2 Å². The maximum Gasteiger partial charge on any atom is 0.276 e. The second-order valence-corrected chi connectivity index (χ2v) is 7.68. The van der Waals surface area contributed by atoms with Crippen molar-refractivity contribution in [3.8, 4) is 11.3 Å². The topological polar surface area (TPSA) is 88.6 Å². The lowest BCUT2D eigenvalue weighted by molar-refractivity contribution is -0.126. The third-order valence-electron chi connectivity index (χ3n) is 5.60. The van der Waals surface area contributed by atoms with Crippen LogP contribution in [0.15, 0.2) is 51.6 Å². The number of nitrogens with zero attached hydrogens (tertiary/aromatic N) is 2. The largest absolute Gasteiger partial charge is 0.467 e. The van der Waals surface area contributed by atoms with E-state index in [1.54, 1.807) is 29.4 Å². The number of hydrogen-bond acceptors (Lipinski definition) is 5. The first-order valence-corrected chi connectivity index (χ1v) is 10.2. The Hall–Kier alpha value is -3.35. The lowest BCUT2D eigenvalue weighted by Crippen LogP contribution is -2.51. The van der Waals surface area contributed by atoms with Crippen molar-refractivity contribution >= 4 is 11.8 Å². The van der Waals surface area contributed by atoms with Gasteiger partial charge in [-0.3, -0.25) is 9.59 Å². The highest BCUT2D eigenvalue weighted by Crippen LogP contribution is 2.25. The molecular formula is C23H25N3O4. The Morgan fingerprint density at radius 1 is 1.17 bits per heavy atom. The second kappa shape index (κ2) is 8.57. The van der Waals surface area contributed by atoms with Gasteiger partial charge in [0.05, 0.1) is 12.8 Å². The van der Waals surface area contributed by atoms with Crippen LogP contribution in [0.4, 0.5) is 0 Å². The van der Waals surface area contributed by atoms with E-state index in [9.17, 15) is 9.59 Å². The van der Waals surface area contributed by atoms with Gasteiger partial charge in [-0.2, -0.15) is 0 Å². The molecule has 1 saturated heterocycles. The maximum atomic E-state index is 13.1. The molecule has 1 aliphatic rings. The van der Waals surface area contributed by atoms with Crippen molar-refractivity contribution < 1.29 is 18.5 Å². The van der Waals surface area contributed by atoms with E-state index >= 15 is 0 Å². The van der Waals surface area contributed by atoms with Gasteiger partial charge in [-0.1, -0.05) is 17.3 Å². The molecule has 1 N–H and O–H groups in total. The summed E-state index contributed by atoms with van der Waals surface area (Å²) < 4.78 is 10.7. The molecule has 30 heavy (non-hydrogen) atoms. The zero-order valence-electron chi connectivity index (χ0n) is 17.2. The van der Waals surface area contributed by atoms with Crippen LogP contribution in [0.25, 0.3) is 11.3 Å². The van der Waals surface area contributed by atoms with E-state index in [1.165, 1.54) is 5.56 Å². The molecule has 0 aliphatic carbocycles. The number of amides is 2. The van der Waals surface area contributed by atoms with Crippen LogP contribution in [-0.4, -0.2) is 34.5 Å². The van der Waals surface area contributed by atoms with E-state index < -0.39 is 6.04 Å². The molecule has 1 aromatic carbocycles. The Morgan fingerprint density at radius 2 is 2.03 bits per heavy atom. The smallest absolute Gasteiger partial charge is 0.276 e. The molecule has 2 amide bonds. The van der Waals surface area contributed by atoms with Crippen molar-refractivity contribution in [1.82, 2.24) is 15.4 Å². The number of piperidine rings is 1. The van der Waals surface area contributed by atoms with Gasteiger partial charge in [-0.25, -0.2) is 0 Å². The molecule has 3 heterocycles. The molecular weight excluding hydrogens is 382 g/mol. The average molecular weight is 407 g/mol. The lowest BCUT2D eigenvalue weighted by Gasteiger charge is -2.34. The molecule has 1 atom stereocenters. The predicted octanol–water partition coefficient (Wildman–Crippen LogP) is 3.86.